The van der Waals surface area contributed by atoms with Gasteiger partial charge >= 0.3 is 17.9 Å². The van der Waals surface area contributed by atoms with Crippen LogP contribution in [-0.2, 0) is 28.6 Å². The zero-order chi connectivity index (χ0) is 52.2. The SMILES string of the molecule is CC/C=C\C/C=C\C/C=C\C/C=C\C/C=C\C/C=C\C/C=C\CCCC(=O)OCC(COC(=O)CCCC/C=C\C/C=C\C/C=C\C/C=C\CC)OC(=O)CCCCCCCCCCCCCCCCCC. The van der Waals surface area contributed by atoms with Crippen molar-refractivity contribution in [3.8, 4) is 0 Å². The predicted molar refractivity (Wildman–Crippen MR) is 311 cm³/mol. The van der Waals surface area contributed by atoms with Crippen molar-refractivity contribution in [2.75, 3.05) is 13.2 Å². The number of hydrogen-bond acceptors (Lipinski definition) is 6. The maximum absolute atomic E-state index is 12.9. The molecule has 0 N–H and O–H groups in total. The molecule has 0 aromatic heterocycles. The van der Waals surface area contributed by atoms with Crippen LogP contribution in [0.2, 0.25) is 0 Å². The fourth-order valence-corrected chi connectivity index (χ4v) is 7.60. The van der Waals surface area contributed by atoms with Gasteiger partial charge in [-0.15, -0.1) is 0 Å². The molecule has 0 radical (unpaired) electrons. The molecule has 0 fully saturated rings. The van der Waals surface area contributed by atoms with Crippen molar-refractivity contribution in [1.29, 1.82) is 0 Å². The molecule has 0 aromatic rings. The van der Waals surface area contributed by atoms with Gasteiger partial charge in [0.2, 0.25) is 0 Å². The average molecular weight is 996 g/mol. The molecule has 0 aromatic carbocycles. The van der Waals surface area contributed by atoms with E-state index in [-0.39, 0.29) is 37.5 Å². The molecule has 0 heterocycles. The van der Waals surface area contributed by atoms with Crippen LogP contribution in [0.15, 0.2) is 134 Å². The molecular weight excluding hydrogens is 889 g/mol. The standard InChI is InChI=1S/C66H106O6/c1-4-7-10-13-16-19-22-25-28-30-31-32-33-34-35-36-39-41-44-47-50-53-56-59-65(68)71-62-63(61-70-64(67)58-55-52-49-46-43-40-37-27-24-21-18-15-12-9-6-3)72-66(69)60-57-54-51-48-45-42-38-29-26-23-20-17-14-11-8-5-2/h7,9-10,12,16,18-19,21,25,27-28,31-32,34-35,37,39,41,43,46-47,50,63H,4-6,8,11,13-15,17,20,22-24,26,29-30,33,36,38,40,42,44-45,48-49,51-62H2,1-3H3/b10-7-,12-9-,19-16-,21-18-,28-25-,32-31-,35-34-,37-27-,41-39-,46-43-,50-47-. The highest BCUT2D eigenvalue weighted by molar-refractivity contribution is 5.71. The van der Waals surface area contributed by atoms with Gasteiger partial charge in [-0.25, -0.2) is 0 Å². The van der Waals surface area contributed by atoms with Gasteiger partial charge in [0, 0.05) is 19.3 Å². The van der Waals surface area contributed by atoms with Crippen LogP contribution >= 0.6 is 0 Å². The Morgan fingerprint density at radius 3 is 0.903 bits per heavy atom. The van der Waals surface area contributed by atoms with E-state index >= 15 is 0 Å². The molecule has 1 atom stereocenters. The molecule has 0 saturated heterocycles. The summed E-state index contributed by atoms with van der Waals surface area (Å²) in [6.07, 6.45) is 83.1. The lowest BCUT2D eigenvalue weighted by molar-refractivity contribution is -0.167. The van der Waals surface area contributed by atoms with Gasteiger partial charge in [0.05, 0.1) is 0 Å². The first kappa shape index (κ1) is 67.5. The first-order valence-electron chi connectivity index (χ1n) is 29.2. The molecule has 0 aliphatic carbocycles. The molecule has 6 nitrogen and oxygen atoms in total. The van der Waals surface area contributed by atoms with Gasteiger partial charge < -0.3 is 14.2 Å². The second kappa shape index (κ2) is 59.1. The summed E-state index contributed by atoms with van der Waals surface area (Å²) in [7, 11) is 0. The Balaban J connectivity index is 4.53. The Morgan fingerprint density at radius 2 is 0.556 bits per heavy atom. The molecule has 0 spiro atoms. The van der Waals surface area contributed by atoms with Gasteiger partial charge in [0.1, 0.15) is 13.2 Å². The summed E-state index contributed by atoms with van der Waals surface area (Å²) in [4.78, 5) is 38.2. The molecule has 0 aliphatic rings. The van der Waals surface area contributed by atoms with Gasteiger partial charge in [-0.1, -0.05) is 251 Å². The minimum Gasteiger partial charge on any atom is -0.462 e. The fraction of sp³-hybridized carbons (Fsp3) is 0.621. The number of unbranched alkanes of at least 4 members (excludes halogenated alkanes) is 18. The third-order valence-corrected chi connectivity index (χ3v) is 11.9. The quantitative estimate of drug-likeness (QED) is 0.0261. The summed E-state index contributed by atoms with van der Waals surface area (Å²) in [5.74, 6) is -1.02. The van der Waals surface area contributed by atoms with E-state index in [0.717, 1.165) is 109 Å². The molecule has 0 rings (SSSR count). The molecule has 406 valence electrons. The minimum atomic E-state index is -0.822. The normalized spacial score (nSPS) is 13.1. The van der Waals surface area contributed by atoms with E-state index in [9.17, 15) is 14.4 Å². The van der Waals surface area contributed by atoms with E-state index in [1.807, 2.05) is 0 Å². The van der Waals surface area contributed by atoms with E-state index in [1.54, 1.807) is 0 Å². The molecule has 0 aliphatic heterocycles. The van der Waals surface area contributed by atoms with Crippen LogP contribution in [-0.4, -0.2) is 37.2 Å². The molecule has 0 saturated carbocycles. The van der Waals surface area contributed by atoms with Crippen molar-refractivity contribution in [2.24, 2.45) is 0 Å². The lowest BCUT2D eigenvalue weighted by atomic mass is 10.0. The Bertz CT molecular complexity index is 1560. The van der Waals surface area contributed by atoms with Gasteiger partial charge in [-0.3, -0.25) is 14.4 Å². The number of esters is 3. The maximum Gasteiger partial charge on any atom is 0.306 e. The molecule has 0 bridgehead atoms. The zero-order valence-corrected chi connectivity index (χ0v) is 46.4. The molecule has 72 heavy (non-hydrogen) atoms. The Morgan fingerprint density at radius 1 is 0.292 bits per heavy atom. The van der Waals surface area contributed by atoms with Gasteiger partial charge in [-0.2, -0.15) is 0 Å². The molecule has 0 amide bonds. The Hall–Kier alpha value is -4.45. The number of rotatable bonds is 51. The van der Waals surface area contributed by atoms with E-state index in [1.165, 1.54) is 83.5 Å². The molecule has 6 heteroatoms. The Labute approximate surface area is 443 Å². The number of hydrogen-bond donors (Lipinski definition) is 0. The third kappa shape index (κ3) is 56.5. The molecule has 1 unspecified atom stereocenters. The van der Waals surface area contributed by atoms with Crippen molar-refractivity contribution in [3.63, 3.8) is 0 Å². The highest BCUT2D eigenvalue weighted by atomic mass is 16.6. The fourth-order valence-electron chi connectivity index (χ4n) is 7.60. The monoisotopic (exact) mass is 995 g/mol. The van der Waals surface area contributed by atoms with Crippen LogP contribution < -0.4 is 0 Å². The highest BCUT2D eigenvalue weighted by Gasteiger charge is 2.19. The van der Waals surface area contributed by atoms with Crippen LogP contribution in [0.1, 0.15) is 245 Å². The van der Waals surface area contributed by atoms with Crippen molar-refractivity contribution >= 4 is 17.9 Å². The second-order valence-electron chi connectivity index (χ2n) is 18.8. The lowest BCUT2D eigenvalue weighted by Gasteiger charge is -2.18. The summed E-state index contributed by atoms with van der Waals surface area (Å²) in [6, 6.07) is 0. The lowest BCUT2D eigenvalue weighted by Crippen LogP contribution is -2.30. The van der Waals surface area contributed by atoms with Crippen LogP contribution in [0, 0.1) is 0 Å². The highest BCUT2D eigenvalue weighted by Crippen LogP contribution is 2.15. The van der Waals surface area contributed by atoms with Crippen LogP contribution in [0.4, 0.5) is 0 Å². The predicted octanol–water partition coefficient (Wildman–Crippen LogP) is 19.8. The third-order valence-electron chi connectivity index (χ3n) is 11.9. The van der Waals surface area contributed by atoms with Crippen LogP contribution in [0.3, 0.4) is 0 Å². The maximum atomic E-state index is 12.9. The number of allylic oxidation sites excluding steroid dienone is 22. The van der Waals surface area contributed by atoms with E-state index < -0.39 is 6.10 Å². The summed E-state index contributed by atoms with van der Waals surface area (Å²) in [5, 5.41) is 0. The first-order chi connectivity index (χ1) is 35.5. The topological polar surface area (TPSA) is 78.9 Å². The zero-order valence-electron chi connectivity index (χ0n) is 46.4. The minimum absolute atomic E-state index is 0.120. The number of ether oxygens (including phenoxy) is 3. The second-order valence-corrected chi connectivity index (χ2v) is 18.8. The van der Waals surface area contributed by atoms with Crippen molar-refractivity contribution in [1.82, 2.24) is 0 Å². The van der Waals surface area contributed by atoms with Crippen LogP contribution in [0.5, 0.6) is 0 Å². The van der Waals surface area contributed by atoms with Gasteiger partial charge in [0.25, 0.3) is 0 Å². The number of carbonyl (C=O) groups is 3. The summed E-state index contributed by atoms with van der Waals surface area (Å²) >= 11 is 0. The van der Waals surface area contributed by atoms with Crippen molar-refractivity contribution in [3.05, 3.63) is 134 Å². The van der Waals surface area contributed by atoms with Gasteiger partial charge in [0.15, 0.2) is 6.10 Å². The number of carbonyl (C=O) groups excluding carboxylic acids is 3. The van der Waals surface area contributed by atoms with Crippen molar-refractivity contribution in [2.45, 2.75) is 252 Å². The smallest absolute Gasteiger partial charge is 0.306 e. The first-order valence-corrected chi connectivity index (χ1v) is 29.2. The Kier molecular flexibility index (Phi) is 55.5. The van der Waals surface area contributed by atoms with Crippen LogP contribution in [0.25, 0.3) is 0 Å². The largest absolute Gasteiger partial charge is 0.462 e. The van der Waals surface area contributed by atoms with E-state index in [4.69, 9.17) is 14.2 Å². The van der Waals surface area contributed by atoms with Gasteiger partial charge in [-0.05, 0) is 109 Å². The molecular formula is C66H106O6. The van der Waals surface area contributed by atoms with E-state index in [2.05, 4.69) is 154 Å². The average Bonchev–Trinajstić information content (AvgIpc) is 3.38. The summed E-state index contributed by atoms with van der Waals surface area (Å²) < 4.78 is 16.8. The summed E-state index contributed by atoms with van der Waals surface area (Å²) in [6.45, 7) is 6.33. The van der Waals surface area contributed by atoms with E-state index in [0.29, 0.717) is 25.7 Å². The van der Waals surface area contributed by atoms with Crippen molar-refractivity contribution < 1.29 is 28.6 Å². The summed E-state index contributed by atoms with van der Waals surface area (Å²) in [5.41, 5.74) is 0.